The van der Waals surface area contributed by atoms with Crippen LogP contribution in [0.5, 0.6) is 0 Å². The fraction of sp³-hybridized carbons (Fsp3) is 0.214. The number of nitrogens with zero attached hydrogens (tertiary/aromatic N) is 1. The van der Waals surface area contributed by atoms with E-state index in [1.165, 1.54) is 13.2 Å². The summed E-state index contributed by atoms with van der Waals surface area (Å²) in [6.07, 6.45) is 3.30. The van der Waals surface area contributed by atoms with Gasteiger partial charge >= 0.3 is 6.03 Å². The number of carbonyl (C=O) groups excluding carboxylic acids is 3. The third kappa shape index (κ3) is 5.03. The van der Waals surface area contributed by atoms with Gasteiger partial charge in [0.25, 0.3) is 5.91 Å². The molecule has 0 aliphatic rings. The van der Waals surface area contributed by atoms with Crippen LogP contribution in [0, 0.1) is 0 Å². The molecule has 0 fully saturated rings. The summed E-state index contributed by atoms with van der Waals surface area (Å²) in [5.41, 5.74) is 0.823. The van der Waals surface area contributed by atoms with E-state index in [0.717, 1.165) is 10.5 Å². The SMILES string of the molecule is COCNC(=O)N(CC=O)C(=O)/C=C/c1ccccc1. The standard InChI is InChI=1S/C14H16N2O4/c1-20-11-15-14(19)16(9-10-17)13(18)8-7-12-5-3-2-4-6-12/h2-8,10H,9,11H2,1H3,(H,15,19)/b8-7+. The van der Waals surface area contributed by atoms with E-state index in [1.807, 2.05) is 30.3 Å². The summed E-state index contributed by atoms with van der Waals surface area (Å²) in [7, 11) is 1.40. The minimum atomic E-state index is -0.679. The van der Waals surface area contributed by atoms with Gasteiger partial charge in [-0.3, -0.25) is 9.69 Å². The van der Waals surface area contributed by atoms with Gasteiger partial charge in [-0.2, -0.15) is 0 Å². The van der Waals surface area contributed by atoms with Crippen LogP contribution in [0.4, 0.5) is 4.79 Å². The molecule has 3 amide bonds. The van der Waals surface area contributed by atoms with Crippen molar-refractivity contribution < 1.29 is 19.1 Å². The van der Waals surface area contributed by atoms with Crippen molar-refractivity contribution >= 4 is 24.3 Å². The van der Waals surface area contributed by atoms with Crippen molar-refractivity contribution in [2.45, 2.75) is 0 Å². The molecule has 1 rings (SSSR count). The average Bonchev–Trinajstić information content (AvgIpc) is 2.49. The topological polar surface area (TPSA) is 75.7 Å². The number of aldehydes is 1. The van der Waals surface area contributed by atoms with E-state index in [2.05, 4.69) is 10.1 Å². The average molecular weight is 276 g/mol. The van der Waals surface area contributed by atoms with Crippen LogP contribution in [0.1, 0.15) is 5.56 Å². The lowest BCUT2D eigenvalue weighted by Gasteiger charge is -2.16. The van der Waals surface area contributed by atoms with Gasteiger partial charge in [0.2, 0.25) is 0 Å². The summed E-state index contributed by atoms with van der Waals surface area (Å²) in [6.45, 7) is -0.350. The molecule has 0 radical (unpaired) electrons. The van der Waals surface area contributed by atoms with Gasteiger partial charge in [-0.25, -0.2) is 4.79 Å². The first-order chi connectivity index (χ1) is 9.69. The summed E-state index contributed by atoms with van der Waals surface area (Å²) < 4.78 is 4.67. The van der Waals surface area contributed by atoms with Crippen LogP contribution in [-0.4, -0.2) is 43.5 Å². The number of urea groups is 1. The molecule has 1 aromatic rings. The second-order valence-electron chi connectivity index (χ2n) is 3.77. The van der Waals surface area contributed by atoms with Crippen molar-refractivity contribution in [3.8, 4) is 0 Å². The highest BCUT2D eigenvalue weighted by Crippen LogP contribution is 2.02. The van der Waals surface area contributed by atoms with E-state index in [4.69, 9.17) is 0 Å². The van der Waals surface area contributed by atoms with Crippen molar-refractivity contribution in [1.82, 2.24) is 10.2 Å². The molecule has 0 saturated carbocycles. The highest BCUT2D eigenvalue weighted by atomic mass is 16.5. The van der Waals surface area contributed by atoms with Gasteiger partial charge in [-0.05, 0) is 11.6 Å². The molecule has 0 spiro atoms. The number of hydrogen-bond acceptors (Lipinski definition) is 4. The van der Waals surface area contributed by atoms with Crippen molar-refractivity contribution in [2.24, 2.45) is 0 Å². The van der Waals surface area contributed by atoms with Gasteiger partial charge in [-0.1, -0.05) is 30.3 Å². The molecule has 0 aliphatic heterocycles. The summed E-state index contributed by atoms with van der Waals surface area (Å²) in [5.74, 6) is -0.574. The Morgan fingerprint density at radius 2 is 2.00 bits per heavy atom. The second-order valence-corrected chi connectivity index (χ2v) is 3.77. The molecule has 20 heavy (non-hydrogen) atoms. The number of hydrogen-bond donors (Lipinski definition) is 1. The Kier molecular flexibility index (Phi) is 6.70. The second kappa shape index (κ2) is 8.60. The van der Waals surface area contributed by atoms with E-state index in [0.29, 0.717) is 6.29 Å². The molecule has 0 bridgehead atoms. The third-order valence-electron chi connectivity index (χ3n) is 2.35. The molecule has 0 atom stereocenters. The predicted octanol–water partition coefficient (Wildman–Crippen LogP) is 1.04. The lowest BCUT2D eigenvalue weighted by atomic mass is 10.2. The van der Waals surface area contributed by atoms with Crippen molar-refractivity contribution in [2.75, 3.05) is 20.4 Å². The maximum Gasteiger partial charge on any atom is 0.326 e. The van der Waals surface area contributed by atoms with E-state index in [9.17, 15) is 14.4 Å². The molecule has 1 N–H and O–H groups in total. The number of methoxy groups -OCH3 is 1. The lowest BCUT2D eigenvalue weighted by molar-refractivity contribution is -0.125. The first kappa shape index (κ1) is 15.6. The largest absolute Gasteiger partial charge is 0.364 e. The molecule has 0 saturated heterocycles. The molecule has 106 valence electrons. The van der Waals surface area contributed by atoms with E-state index >= 15 is 0 Å². The van der Waals surface area contributed by atoms with Crippen molar-refractivity contribution in [3.63, 3.8) is 0 Å². The number of nitrogens with one attached hydrogen (secondary N) is 1. The smallest absolute Gasteiger partial charge is 0.326 e. The molecule has 6 heteroatoms. The maximum absolute atomic E-state index is 11.9. The normalized spacial score (nSPS) is 10.2. The highest BCUT2D eigenvalue weighted by molar-refractivity contribution is 6.03. The quantitative estimate of drug-likeness (QED) is 0.478. The Bertz CT molecular complexity index is 485. The minimum absolute atomic E-state index is 0.0378. The molecular weight excluding hydrogens is 260 g/mol. The van der Waals surface area contributed by atoms with E-state index < -0.39 is 11.9 Å². The van der Waals surface area contributed by atoms with Gasteiger partial charge in [0.15, 0.2) is 0 Å². The van der Waals surface area contributed by atoms with Gasteiger partial charge in [0, 0.05) is 13.2 Å². The Morgan fingerprint density at radius 3 is 2.60 bits per heavy atom. The molecule has 0 heterocycles. The fourth-order valence-corrected chi connectivity index (χ4v) is 1.40. The van der Waals surface area contributed by atoms with Gasteiger partial charge in [-0.15, -0.1) is 0 Å². The highest BCUT2D eigenvalue weighted by Gasteiger charge is 2.18. The van der Waals surface area contributed by atoms with E-state index in [-0.39, 0.29) is 13.3 Å². The van der Waals surface area contributed by atoms with Crippen LogP contribution >= 0.6 is 0 Å². The van der Waals surface area contributed by atoms with Crippen molar-refractivity contribution in [3.05, 3.63) is 42.0 Å². The number of carbonyl (C=O) groups is 3. The molecule has 6 nitrogen and oxygen atoms in total. The number of amides is 3. The lowest BCUT2D eigenvalue weighted by Crippen LogP contribution is -2.44. The van der Waals surface area contributed by atoms with Crippen LogP contribution in [0.3, 0.4) is 0 Å². The van der Waals surface area contributed by atoms with Crippen LogP contribution in [-0.2, 0) is 14.3 Å². The van der Waals surface area contributed by atoms with Gasteiger partial charge in [0.05, 0.1) is 6.54 Å². The summed E-state index contributed by atoms with van der Waals surface area (Å²) in [5, 5.41) is 2.35. The molecule has 0 aromatic heterocycles. The van der Waals surface area contributed by atoms with Gasteiger partial charge < -0.3 is 14.8 Å². The van der Waals surface area contributed by atoms with Crippen LogP contribution in [0.15, 0.2) is 36.4 Å². The molecule has 0 unspecified atom stereocenters. The summed E-state index contributed by atoms with van der Waals surface area (Å²) in [6, 6.07) is 8.48. The summed E-state index contributed by atoms with van der Waals surface area (Å²) in [4.78, 5) is 34.9. The van der Waals surface area contributed by atoms with E-state index in [1.54, 1.807) is 6.08 Å². The Labute approximate surface area is 117 Å². The first-order valence-corrected chi connectivity index (χ1v) is 5.94. The minimum Gasteiger partial charge on any atom is -0.364 e. The number of imide groups is 1. The maximum atomic E-state index is 11.9. The van der Waals surface area contributed by atoms with Crippen LogP contribution in [0.2, 0.25) is 0 Å². The molecular formula is C14H16N2O4. The number of rotatable bonds is 6. The Hall–Kier alpha value is -2.47. The molecule has 0 aliphatic carbocycles. The zero-order valence-electron chi connectivity index (χ0n) is 11.1. The predicted molar refractivity (Wildman–Crippen MR) is 73.7 cm³/mol. The monoisotopic (exact) mass is 276 g/mol. The molecule has 1 aromatic carbocycles. The third-order valence-corrected chi connectivity index (χ3v) is 2.35. The number of ether oxygens (including phenoxy) is 1. The fourth-order valence-electron chi connectivity index (χ4n) is 1.40. The number of benzene rings is 1. The van der Waals surface area contributed by atoms with Crippen molar-refractivity contribution in [1.29, 1.82) is 0 Å². The van der Waals surface area contributed by atoms with Gasteiger partial charge in [0.1, 0.15) is 13.0 Å². The van der Waals surface area contributed by atoms with Crippen LogP contribution in [0.25, 0.3) is 6.08 Å². The Morgan fingerprint density at radius 1 is 1.30 bits per heavy atom. The zero-order chi connectivity index (χ0) is 14.8. The van der Waals surface area contributed by atoms with Crippen LogP contribution < -0.4 is 5.32 Å². The summed E-state index contributed by atoms with van der Waals surface area (Å²) >= 11 is 0. The first-order valence-electron chi connectivity index (χ1n) is 5.94. The zero-order valence-corrected chi connectivity index (χ0v) is 11.1. The Balaban J connectivity index is 2.71.